The number of hydrogen-bond acceptors (Lipinski definition) is 4. The van der Waals surface area contributed by atoms with Gasteiger partial charge in [-0.3, -0.25) is 0 Å². The summed E-state index contributed by atoms with van der Waals surface area (Å²) in [5, 5.41) is 0. The maximum atomic E-state index is 5.82. The van der Waals surface area contributed by atoms with Crippen LogP contribution in [-0.4, -0.2) is 37.3 Å². The number of aromatic nitrogens is 1. The molecular weight excluding hydrogens is 238 g/mol. The van der Waals surface area contributed by atoms with Crippen LogP contribution in [0.5, 0.6) is 0 Å². The number of anilines is 1. The SMILES string of the molecule is CCOCCN(CC)c1ncc(CC(C)N)cc1C. The Kier molecular flexibility index (Phi) is 6.81. The molecule has 1 unspecified atom stereocenters. The van der Waals surface area contributed by atoms with Crippen molar-refractivity contribution in [2.75, 3.05) is 31.2 Å². The Bertz CT molecular complexity index is 380. The van der Waals surface area contributed by atoms with E-state index in [4.69, 9.17) is 10.5 Å². The van der Waals surface area contributed by atoms with Gasteiger partial charge in [0.1, 0.15) is 5.82 Å². The Balaban J connectivity index is 2.75. The van der Waals surface area contributed by atoms with Gasteiger partial charge in [0.05, 0.1) is 6.61 Å². The van der Waals surface area contributed by atoms with E-state index in [-0.39, 0.29) is 6.04 Å². The van der Waals surface area contributed by atoms with Crippen LogP contribution in [0.4, 0.5) is 5.82 Å². The monoisotopic (exact) mass is 265 g/mol. The first-order chi connectivity index (χ1) is 9.08. The van der Waals surface area contributed by atoms with Gasteiger partial charge in [0.25, 0.3) is 0 Å². The van der Waals surface area contributed by atoms with Crippen LogP contribution in [0.15, 0.2) is 12.3 Å². The van der Waals surface area contributed by atoms with Crippen molar-refractivity contribution in [2.24, 2.45) is 5.73 Å². The first kappa shape index (κ1) is 15.9. The lowest BCUT2D eigenvalue weighted by Crippen LogP contribution is -2.29. The lowest BCUT2D eigenvalue weighted by atomic mass is 10.1. The molecule has 0 saturated carbocycles. The van der Waals surface area contributed by atoms with Gasteiger partial charge in [-0.1, -0.05) is 6.07 Å². The van der Waals surface area contributed by atoms with Crippen molar-refractivity contribution in [1.29, 1.82) is 0 Å². The van der Waals surface area contributed by atoms with E-state index in [1.165, 1.54) is 11.1 Å². The third kappa shape index (κ3) is 5.17. The van der Waals surface area contributed by atoms with E-state index >= 15 is 0 Å². The Morgan fingerprint density at radius 1 is 1.42 bits per heavy atom. The van der Waals surface area contributed by atoms with Crippen LogP contribution < -0.4 is 10.6 Å². The second-order valence-corrected chi connectivity index (χ2v) is 4.94. The van der Waals surface area contributed by atoms with E-state index < -0.39 is 0 Å². The Labute approximate surface area is 117 Å². The predicted molar refractivity (Wildman–Crippen MR) is 80.7 cm³/mol. The largest absolute Gasteiger partial charge is 0.380 e. The summed E-state index contributed by atoms with van der Waals surface area (Å²) < 4.78 is 5.42. The molecule has 4 heteroatoms. The number of hydrogen-bond donors (Lipinski definition) is 1. The fraction of sp³-hybridized carbons (Fsp3) is 0.667. The summed E-state index contributed by atoms with van der Waals surface area (Å²) in [4.78, 5) is 6.85. The molecule has 0 fully saturated rings. The van der Waals surface area contributed by atoms with E-state index in [9.17, 15) is 0 Å². The van der Waals surface area contributed by atoms with Gasteiger partial charge >= 0.3 is 0 Å². The first-order valence-electron chi connectivity index (χ1n) is 7.12. The van der Waals surface area contributed by atoms with E-state index in [1.807, 2.05) is 20.0 Å². The number of ether oxygens (including phenoxy) is 1. The summed E-state index contributed by atoms with van der Waals surface area (Å²) in [6.45, 7) is 11.6. The fourth-order valence-electron chi connectivity index (χ4n) is 2.17. The zero-order chi connectivity index (χ0) is 14.3. The minimum Gasteiger partial charge on any atom is -0.380 e. The van der Waals surface area contributed by atoms with Crippen molar-refractivity contribution >= 4 is 5.82 Å². The van der Waals surface area contributed by atoms with Crippen molar-refractivity contribution in [3.8, 4) is 0 Å². The van der Waals surface area contributed by atoms with Crippen molar-refractivity contribution in [1.82, 2.24) is 4.98 Å². The first-order valence-corrected chi connectivity index (χ1v) is 7.12. The van der Waals surface area contributed by atoms with E-state index in [0.29, 0.717) is 0 Å². The van der Waals surface area contributed by atoms with Gasteiger partial charge in [0, 0.05) is 31.9 Å². The second kappa shape index (κ2) is 8.12. The summed E-state index contributed by atoms with van der Waals surface area (Å²) in [5.41, 5.74) is 8.24. The Morgan fingerprint density at radius 3 is 2.68 bits per heavy atom. The molecule has 0 saturated heterocycles. The van der Waals surface area contributed by atoms with Crippen LogP contribution in [0.1, 0.15) is 31.9 Å². The lowest BCUT2D eigenvalue weighted by Gasteiger charge is -2.24. The number of nitrogens with zero attached hydrogens (tertiary/aromatic N) is 2. The second-order valence-electron chi connectivity index (χ2n) is 4.94. The van der Waals surface area contributed by atoms with Crippen molar-refractivity contribution < 1.29 is 4.74 Å². The molecule has 0 aliphatic heterocycles. The van der Waals surface area contributed by atoms with Crippen LogP contribution in [0, 0.1) is 6.92 Å². The summed E-state index contributed by atoms with van der Waals surface area (Å²) in [6.07, 6.45) is 2.81. The number of likely N-dealkylation sites (N-methyl/N-ethyl adjacent to an activating group) is 1. The number of aryl methyl sites for hydroxylation is 1. The molecular formula is C15H27N3O. The normalized spacial score (nSPS) is 12.5. The fourth-order valence-corrected chi connectivity index (χ4v) is 2.17. The van der Waals surface area contributed by atoms with Gasteiger partial charge in [-0.25, -0.2) is 4.98 Å². The van der Waals surface area contributed by atoms with Crippen molar-refractivity contribution in [3.63, 3.8) is 0 Å². The number of rotatable bonds is 8. The minimum absolute atomic E-state index is 0.173. The molecule has 1 atom stereocenters. The molecule has 0 aromatic carbocycles. The number of nitrogens with two attached hydrogens (primary N) is 1. The van der Waals surface area contributed by atoms with E-state index in [0.717, 1.165) is 38.5 Å². The number of pyridine rings is 1. The molecule has 1 rings (SSSR count). The van der Waals surface area contributed by atoms with Gasteiger partial charge in [-0.2, -0.15) is 0 Å². The molecule has 0 amide bonds. The Hall–Kier alpha value is -1.13. The highest BCUT2D eigenvalue weighted by Crippen LogP contribution is 2.18. The van der Waals surface area contributed by atoms with Crippen LogP contribution in [0.2, 0.25) is 0 Å². The molecule has 0 aliphatic rings. The van der Waals surface area contributed by atoms with Crippen LogP contribution in [0.3, 0.4) is 0 Å². The molecule has 108 valence electrons. The smallest absolute Gasteiger partial charge is 0.131 e. The zero-order valence-corrected chi connectivity index (χ0v) is 12.6. The molecule has 0 spiro atoms. The maximum Gasteiger partial charge on any atom is 0.131 e. The van der Waals surface area contributed by atoms with Gasteiger partial charge in [-0.05, 0) is 45.2 Å². The van der Waals surface area contributed by atoms with Gasteiger partial charge in [0.15, 0.2) is 0 Å². The molecule has 19 heavy (non-hydrogen) atoms. The molecule has 4 nitrogen and oxygen atoms in total. The summed E-state index contributed by atoms with van der Waals surface area (Å²) in [5.74, 6) is 1.05. The molecule has 0 bridgehead atoms. The molecule has 1 heterocycles. The molecule has 1 aromatic rings. The van der Waals surface area contributed by atoms with Crippen LogP contribution in [-0.2, 0) is 11.2 Å². The minimum atomic E-state index is 0.173. The highest BCUT2D eigenvalue weighted by molar-refractivity contribution is 5.47. The molecule has 0 radical (unpaired) electrons. The van der Waals surface area contributed by atoms with Crippen LogP contribution >= 0.6 is 0 Å². The molecule has 2 N–H and O–H groups in total. The van der Waals surface area contributed by atoms with E-state index in [1.54, 1.807) is 0 Å². The average Bonchev–Trinajstić information content (AvgIpc) is 2.35. The topological polar surface area (TPSA) is 51.4 Å². The van der Waals surface area contributed by atoms with E-state index in [2.05, 4.69) is 29.8 Å². The highest BCUT2D eigenvalue weighted by Gasteiger charge is 2.10. The van der Waals surface area contributed by atoms with Gasteiger partial charge < -0.3 is 15.4 Å². The standard InChI is InChI=1S/C15H27N3O/c1-5-18(7-8-19-6-2)15-12(3)9-14(11-17-15)10-13(4)16/h9,11,13H,5-8,10,16H2,1-4H3. The third-order valence-corrected chi connectivity index (χ3v) is 3.06. The third-order valence-electron chi connectivity index (χ3n) is 3.06. The van der Waals surface area contributed by atoms with Gasteiger partial charge in [-0.15, -0.1) is 0 Å². The summed E-state index contributed by atoms with van der Waals surface area (Å²) >= 11 is 0. The quantitative estimate of drug-likeness (QED) is 0.732. The summed E-state index contributed by atoms with van der Waals surface area (Å²) in [7, 11) is 0. The predicted octanol–water partition coefficient (Wildman–Crippen LogP) is 2.14. The maximum absolute atomic E-state index is 5.82. The molecule has 0 aliphatic carbocycles. The zero-order valence-electron chi connectivity index (χ0n) is 12.6. The highest BCUT2D eigenvalue weighted by atomic mass is 16.5. The average molecular weight is 265 g/mol. The van der Waals surface area contributed by atoms with Crippen molar-refractivity contribution in [2.45, 2.75) is 40.2 Å². The van der Waals surface area contributed by atoms with Gasteiger partial charge in [0.2, 0.25) is 0 Å². The van der Waals surface area contributed by atoms with Crippen LogP contribution in [0.25, 0.3) is 0 Å². The lowest BCUT2D eigenvalue weighted by molar-refractivity contribution is 0.154. The summed E-state index contributed by atoms with van der Waals surface area (Å²) in [6, 6.07) is 2.36. The van der Waals surface area contributed by atoms with Crippen molar-refractivity contribution in [3.05, 3.63) is 23.4 Å². The Morgan fingerprint density at radius 2 is 2.16 bits per heavy atom. The molecule has 1 aromatic heterocycles.